The highest BCUT2D eigenvalue weighted by molar-refractivity contribution is 7.92. The van der Waals surface area contributed by atoms with Gasteiger partial charge < -0.3 is 10.1 Å². The van der Waals surface area contributed by atoms with Crippen molar-refractivity contribution in [3.8, 4) is 5.75 Å². The third-order valence-electron chi connectivity index (χ3n) is 8.10. The van der Waals surface area contributed by atoms with Crippen LogP contribution in [-0.4, -0.2) is 27.0 Å². The first-order chi connectivity index (χ1) is 19.0. The molecule has 3 aromatic rings. The number of benzene rings is 3. The quantitative estimate of drug-likeness (QED) is 0.379. The topological polar surface area (TPSA) is 75.7 Å². The number of carbonyl (C=O) groups is 1. The maximum Gasteiger partial charge on any atom is 0.264 e. The van der Waals surface area contributed by atoms with Gasteiger partial charge in [-0.2, -0.15) is 0 Å². The number of hydrogen-bond donors (Lipinski definition) is 1. The maximum atomic E-state index is 14.0. The minimum absolute atomic E-state index is 0.108. The van der Waals surface area contributed by atoms with Crippen molar-refractivity contribution in [2.45, 2.75) is 89.2 Å². The van der Waals surface area contributed by atoms with E-state index in [4.69, 9.17) is 4.74 Å². The molecule has 1 aliphatic carbocycles. The Morgan fingerprint density at radius 3 is 2.38 bits per heavy atom. The van der Waals surface area contributed by atoms with Gasteiger partial charge in [0.15, 0.2) is 6.10 Å². The van der Waals surface area contributed by atoms with E-state index in [9.17, 15) is 13.2 Å². The van der Waals surface area contributed by atoms with E-state index in [2.05, 4.69) is 44.3 Å². The number of rotatable bonds is 6. The third kappa shape index (κ3) is 5.62. The second kappa shape index (κ2) is 10.9. The average Bonchev–Trinajstić information content (AvgIpc) is 2.94. The Morgan fingerprint density at radius 2 is 1.70 bits per heavy atom. The molecule has 0 radical (unpaired) electrons. The predicted molar refractivity (Wildman–Crippen MR) is 160 cm³/mol. The Bertz CT molecular complexity index is 1510. The molecule has 1 heterocycles. The summed E-state index contributed by atoms with van der Waals surface area (Å²) in [5, 5.41) is 3.16. The highest BCUT2D eigenvalue weighted by atomic mass is 32.2. The van der Waals surface area contributed by atoms with Crippen LogP contribution in [0.5, 0.6) is 5.75 Å². The van der Waals surface area contributed by atoms with E-state index in [1.807, 2.05) is 26.0 Å². The molecule has 1 aliphatic heterocycles. The zero-order chi connectivity index (χ0) is 28.7. The van der Waals surface area contributed by atoms with Gasteiger partial charge >= 0.3 is 0 Å². The zero-order valence-electron chi connectivity index (χ0n) is 24.2. The van der Waals surface area contributed by atoms with E-state index >= 15 is 0 Å². The number of aryl methyl sites for hydroxylation is 3. The Kier molecular flexibility index (Phi) is 7.71. The SMILES string of the molecule is CC[C@@H](NC(=O)[C@@H]1CN(S(=O)(=O)c2ccc(C)cc2)c2cc(C(C)(C)C)ccc2O1)c1ccc2c(c1)CCCC2. The molecule has 5 rings (SSSR count). The predicted octanol–water partition coefficient (Wildman–Crippen LogP) is 6.40. The largest absolute Gasteiger partial charge is 0.476 e. The lowest BCUT2D eigenvalue weighted by atomic mass is 9.86. The van der Waals surface area contributed by atoms with E-state index in [0.717, 1.165) is 29.5 Å². The van der Waals surface area contributed by atoms with Crippen LogP contribution in [0.15, 0.2) is 65.6 Å². The van der Waals surface area contributed by atoms with Crippen LogP contribution in [0.25, 0.3) is 0 Å². The first kappa shape index (κ1) is 28.2. The van der Waals surface area contributed by atoms with Crippen LogP contribution in [0.4, 0.5) is 5.69 Å². The lowest BCUT2D eigenvalue weighted by Gasteiger charge is -2.36. The highest BCUT2D eigenvalue weighted by Crippen LogP contribution is 2.40. The molecule has 1 amide bonds. The number of carbonyl (C=O) groups excluding carboxylic acids is 1. The number of sulfonamides is 1. The van der Waals surface area contributed by atoms with Crippen LogP contribution < -0.4 is 14.4 Å². The monoisotopic (exact) mass is 560 g/mol. The fraction of sp³-hybridized carbons (Fsp3) is 0.424. The number of nitrogens with zero attached hydrogens (tertiary/aromatic N) is 1. The number of amides is 1. The number of ether oxygens (including phenoxy) is 1. The normalized spacial score (nSPS) is 17.8. The van der Waals surface area contributed by atoms with Crippen molar-refractivity contribution in [2.24, 2.45) is 0 Å². The summed E-state index contributed by atoms with van der Waals surface area (Å²) in [4.78, 5) is 13.8. The van der Waals surface area contributed by atoms with Gasteiger partial charge in [0, 0.05) is 0 Å². The van der Waals surface area contributed by atoms with Crippen molar-refractivity contribution in [3.05, 3.63) is 88.5 Å². The summed E-state index contributed by atoms with van der Waals surface area (Å²) in [7, 11) is -3.94. The van der Waals surface area contributed by atoms with Gasteiger partial charge in [-0.1, -0.05) is 69.7 Å². The highest BCUT2D eigenvalue weighted by Gasteiger charge is 2.39. The minimum atomic E-state index is -3.94. The molecule has 40 heavy (non-hydrogen) atoms. The van der Waals surface area contributed by atoms with Crippen molar-refractivity contribution in [1.29, 1.82) is 0 Å². The maximum absolute atomic E-state index is 14.0. The lowest BCUT2D eigenvalue weighted by molar-refractivity contribution is -0.128. The first-order valence-electron chi connectivity index (χ1n) is 14.3. The molecule has 0 saturated carbocycles. The van der Waals surface area contributed by atoms with Crippen LogP contribution in [0.2, 0.25) is 0 Å². The number of hydrogen-bond acceptors (Lipinski definition) is 4. The van der Waals surface area contributed by atoms with Crippen molar-refractivity contribution in [3.63, 3.8) is 0 Å². The van der Waals surface area contributed by atoms with Crippen molar-refractivity contribution >= 4 is 21.6 Å². The van der Waals surface area contributed by atoms with E-state index in [1.54, 1.807) is 30.3 Å². The summed E-state index contributed by atoms with van der Waals surface area (Å²) in [6, 6.07) is 18.7. The van der Waals surface area contributed by atoms with Crippen molar-refractivity contribution in [1.82, 2.24) is 5.32 Å². The van der Waals surface area contributed by atoms with Gasteiger partial charge in [0.25, 0.3) is 15.9 Å². The van der Waals surface area contributed by atoms with Gasteiger partial charge in [-0.15, -0.1) is 0 Å². The molecule has 0 spiro atoms. The molecule has 212 valence electrons. The van der Waals surface area contributed by atoms with E-state index in [-0.39, 0.29) is 28.8 Å². The van der Waals surface area contributed by atoms with E-state index in [0.29, 0.717) is 17.9 Å². The second-order valence-electron chi connectivity index (χ2n) is 12.1. The smallest absolute Gasteiger partial charge is 0.264 e. The molecule has 6 nitrogen and oxygen atoms in total. The summed E-state index contributed by atoms with van der Waals surface area (Å²) in [5.74, 6) is 0.0659. The lowest BCUT2D eigenvalue weighted by Crippen LogP contribution is -2.51. The van der Waals surface area contributed by atoms with Gasteiger partial charge in [-0.3, -0.25) is 9.10 Å². The van der Waals surface area contributed by atoms with Crippen LogP contribution in [0.3, 0.4) is 0 Å². The molecule has 2 atom stereocenters. The van der Waals surface area contributed by atoms with Gasteiger partial charge in [0.2, 0.25) is 0 Å². The summed E-state index contributed by atoms with van der Waals surface area (Å²) < 4.78 is 35.5. The molecule has 0 saturated heterocycles. The number of nitrogens with one attached hydrogen (secondary N) is 1. The van der Waals surface area contributed by atoms with Crippen LogP contribution >= 0.6 is 0 Å². The van der Waals surface area contributed by atoms with Gasteiger partial charge in [-0.05, 0) is 91.0 Å². The summed E-state index contributed by atoms with van der Waals surface area (Å²) in [6.45, 7) is 10.1. The van der Waals surface area contributed by atoms with Crippen molar-refractivity contribution in [2.75, 3.05) is 10.8 Å². The Morgan fingerprint density at radius 1 is 1.00 bits per heavy atom. The van der Waals surface area contributed by atoms with Gasteiger partial charge in [-0.25, -0.2) is 8.42 Å². The molecular formula is C33H40N2O4S. The average molecular weight is 561 g/mol. The molecule has 0 bridgehead atoms. The molecule has 0 aromatic heterocycles. The Hall–Kier alpha value is -3.32. The molecule has 3 aromatic carbocycles. The zero-order valence-corrected chi connectivity index (χ0v) is 25.0. The van der Waals surface area contributed by atoms with Crippen molar-refractivity contribution < 1.29 is 17.9 Å². The van der Waals surface area contributed by atoms with Crippen LogP contribution in [-0.2, 0) is 33.1 Å². The van der Waals surface area contributed by atoms with Gasteiger partial charge in [0.1, 0.15) is 5.75 Å². The number of anilines is 1. The fourth-order valence-corrected chi connectivity index (χ4v) is 7.04. The third-order valence-corrected chi connectivity index (χ3v) is 9.89. The molecule has 7 heteroatoms. The minimum Gasteiger partial charge on any atom is -0.476 e. The van der Waals surface area contributed by atoms with Gasteiger partial charge in [0.05, 0.1) is 23.2 Å². The Balaban J connectivity index is 1.46. The summed E-state index contributed by atoms with van der Waals surface area (Å²) in [6.07, 6.45) is 4.32. The van der Waals surface area contributed by atoms with Crippen LogP contribution in [0, 0.1) is 6.92 Å². The summed E-state index contributed by atoms with van der Waals surface area (Å²) in [5.41, 5.74) is 6.07. The van der Waals surface area contributed by atoms with E-state index in [1.165, 1.54) is 28.3 Å². The first-order valence-corrected chi connectivity index (χ1v) is 15.7. The van der Waals surface area contributed by atoms with Crippen LogP contribution in [0.1, 0.15) is 80.8 Å². The second-order valence-corrected chi connectivity index (χ2v) is 14.0. The molecular weight excluding hydrogens is 520 g/mol. The standard InChI is InChI=1S/C33H40N2O4S/c1-6-28(25-14-13-23-9-7-8-10-24(23)19-25)34-32(36)31-21-35(40(37,38)27-16-11-22(2)12-17-27)29-20-26(33(3,4)5)15-18-30(29)39-31/h11-20,28,31H,6-10,21H2,1-5H3,(H,34,36)/t28-,31+/m1/s1. The fourth-order valence-electron chi connectivity index (χ4n) is 5.58. The summed E-state index contributed by atoms with van der Waals surface area (Å²) >= 11 is 0. The molecule has 2 aliphatic rings. The Labute approximate surface area is 238 Å². The van der Waals surface area contributed by atoms with E-state index < -0.39 is 16.1 Å². The number of fused-ring (bicyclic) bond motifs is 2. The molecule has 1 N–H and O–H groups in total. The molecule has 0 fully saturated rings. The molecule has 0 unspecified atom stereocenters.